The first-order valence-electron chi connectivity index (χ1n) is 6.35. The van der Waals surface area contributed by atoms with E-state index in [-0.39, 0.29) is 5.92 Å². The molecule has 0 aromatic heterocycles. The zero-order valence-electron chi connectivity index (χ0n) is 12.6. The van der Waals surface area contributed by atoms with E-state index < -0.39 is 13.4 Å². The molecule has 1 aromatic carbocycles. The molecular weight excluding hydrogens is 277 g/mol. The second-order valence-electron chi connectivity index (χ2n) is 4.61. The van der Waals surface area contributed by atoms with Crippen LogP contribution in [0, 0.1) is 5.92 Å². The highest BCUT2D eigenvalue weighted by Crippen LogP contribution is 2.54. The molecule has 0 aliphatic rings. The van der Waals surface area contributed by atoms with Gasteiger partial charge in [0.1, 0.15) is 5.75 Å². The van der Waals surface area contributed by atoms with E-state index in [2.05, 4.69) is 4.99 Å². The van der Waals surface area contributed by atoms with E-state index in [1.807, 2.05) is 38.1 Å². The molecule has 0 fully saturated rings. The predicted molar refractivity (Wildman–Crippen MR) is 80.8 cm³/mol. The molecule has 0 heterocycles. The van der Waals surface area contributed by atoms with Gasteiger partial charge >= 0.3 is 7.60 Å². The van der Waals surface area contributed by atoms with Gasteiger partial charge in [-0.3, -0.25) is 9.56 Å². The van der Waals surface area contributed by atoms with Crippen LogP contribution in [0.3, 0.4) is 0 Å². The number of aliphatic imine (C=N–C) groups is 1. The van der Waals surface area contributed by atoms with Crippen molar-refractivity contribution in [1.29, 1.82) is 0 Å². The van der Waals surface area contributed by atoms with Crippen LogP contribution >= 0.6 is 7.60 Å². The zero-order chi connectivity index (χ0) is 15.2. The summed E-state index contributed by atoms with van der Waals surface area (Å²) < 4.78 is 27.6. The van der Waals surface area contributed by atoms with Crippen LogP contribution in [-0.4, -0.2) is 33.3 Å². The van der Waals surface area contributed by atoms with Crippen LogP contribution in [0.2, 0.25) is 0 Å². The number of hydrogen-bond donors (Lipinski definition) is 0. The minimum Gasteiger partial charge on any atom is -0.497 e. The Balaban J connectivity index is 2.95. The van der Waals surface area contributed by atoms with Crippen molar-refractivity contribution in [1.82, 2.24) is 0 Å². The average Bonchev–Trinajstić information content (AvgIpc) is 2.47. The molecule has 0 radical (unpaired) electrons. The molecule has 0 saturated carbocycles. The Morgan fingerprint density at radius 2 is 1.65 bits per heavy atom. The van der Waals surface area contributed by atoms with Gasteiger partial charge in [0.05, 0.1) is 7.11 Å². The Kier molecular flexibility index (Phi) is 6.40. The molecule has 1 atom stereocenters. The molecule has 0 N–H and O–H groups in total. The van der Waals surface area contributed by atoms with Gasteiger partial charge < -0.3 is 13.8 Å². The van der Waals surface area contributed by atoms with Crippen LogP contribution < -0.4 is 4.74 Å². The number of benzene rings is 1. The standard InChI is InChI=1S/C14H22NO4P/c1-11(2)14(20(16,18-4)19-5)15-10-12-6-8-13(17-3)9-7-12/h6-11,14H,1-5H3/b15-10+/t14-/m1/s1. The number of hydrogen-bond acceptors (Lipinski definition) is 5. The summed E-state index contributed by atoms with van der Waals surface area (Å²) in [5, 5.41) is 0. The minimum absolute atomic E-state index is 0.0373. The fourth-order valence-corrected chi connectivity index (χ4v) is 3.30. The van der Waals surface area contributed by atoms with E-state index in [1.165, 1.54) is 14.2 Å². The summed E-state index contributed by atoms with van der Waals surface area (Å²) >= 11 is 0. The number of ether oxygens (including phenoxy) is 1. The molecular formula is C14H22NO4P. The fourth-order valence-electron chi connectivity index (χ4n) is 1.76. The van der Waals surface area contributed by atoms with Crippen molar-refractivity contribution < 1.29 is 18.3 Å². The second-order valence-corrected chi connectivity index (χ2v) is 6.95. The summed E-state index contributed by atoms with van der Waals surface area (Å²) in [7, 11) is 1.15. The first-order chi connectivity index (χ1) is 9.46. The summed E-state index contributed by atoms with van der Waals surface area (Å²) in [6.45, 7) is 3.86. The maximum Gasteiger partial charge on any atom is 0.354 e. The monoisotopic (exact) mass is 299 g/mol. The largest absolute Gasteiger partial charge is 0.497 e. The Bertz CT molecular complexity index is 476. The van der Waals surface area contributed by atoms with Crippen molar-refractivity contribution >= 4 is 13.8 Å². The third-order valence-corrected chi connectivity index (χ3v) is 5.32. The molecule has 1 aromatic rings. The summed E-state index contributed by atoms with van der Waals surface area (Å²) in [4.78, 5) is 4.38. The van der Waals surface area contributed by atoms with Crippen molar-refractivity contribution in [2.24, 2.45) is 10.9 Å². The lowest BCUT2D eigenvalue weighted by Crippen LogP contribution is -2.16. The maximum absolute atomic E-state index is 12.4. The quantitative estimate of drug-likeness (QED) is 0.570. The Morgan fingerprint density at radius 1 is 1.10 bits per heavy atom. The summed E-state index contributed by atoms with van der Waals surface area (Å²) in [6, 6.07) is 7.45. The predicted octanol–water partition coefficient (Wildman–Crippen LogP) is 3.58. The van der Waals surface area contributed by atoms with Crippen molar-refractivity contribution in [3.05, 3.63) is 29.8 Å². The minimum atomic E-state index is -3.22. The molecule has 0 aliphatic carbocycles. The molecule has 0 saturated heterocycles. The van der Waals surface area contributed by atoms with Crippen molar-refractivity contribution in [2.45, 2.75) is 19.6 Å². The summed E-state index contributed by atoms with van der Waals surface area (Å²) in [5.74, 6) is 0.289. The van der Waals surface area contributed by atoms with Crippen LogP contribution in [0.1, 0.15) is 19.4 Å². The second kappa shape index (κ2) is 7.58. The van der Waals surface area contributed by atoms with Crippen LogP contribution in [0.4, 0.5) is 0 Å². The van der Waals surface area contributed by atoms with E-state index in [1.54, 1.807) is 13.3 Å². The summed E-state index contributed by atoms with van der Waals surface area (Å²) in [6.07, 6.45) is 1.68. The van der Waals surface area contributed by atoms with Gasteiger partial charge in [0.15, 0.2) is 5.78 Å². The van der Waals surface area contributed by atoms with Gasteiger partial charge in [-0.25, -0.2) is 0 Å². The third-order valence-electron chi connectivity index (χ3n) is 2.92. The molecule has 112 valence electrons. The SMILES string of the molecule is COc1ccc(/C=N/[C@@H](C(C)C)P(=O)(OC)OC)cc1. The van der Waals surface area contributed by atoms with E-state index in [0.29, 0.717) is 0 Å². The lowest BCUT2D eigenvalue weighted by Gasteiger charge is -2.23. The van der Waals surface area contributed by atoms with E-state index in [4.69, 9.17) is 13.8 Å². The van der Waals surface area contributed by atoms with Crippen molar-refractivity contribution in [3.8, 4) is 5.75 Å². The topological polar surface area (TPSA) is 57.1 Å². The van der Waals surface area contributed by atoms with Gasteiger partial charge in [-0.2, -0.15) is 0 Å². The van der Waals surface area contributed by atoms with Gasteiger partial charge in [0.2, 0.25) is 0 Å². The van der Waals surface area contributed by atoms with Crippen molar-refractivity contribution in [3.63, 3.8) is 0 Å². The van der Waals surface area contributed by atoms with Gasteiger partial charge in [-0.15, -0.1) is 0 Å². The molecule has 5 nitrogen and oxygen atoms in total. The van der Waals surface area contributed by atoms with Gasteiger partial charge in [-0.1, -0.05) is 13.8 Å². The first-order valence-corrected chi connectivity index (χ1v) is 7.96. The maximum atomic E-state index is 12.4. The first kappa shape index (κ1) is 16.9. The fraction of sp³-hybridized carbons (Fsp3) is 0.500. The molecule has 0 unspecified atom stereocenters. The lowest BCUT2D eigenvalue weighted by atomic mass is 10.2. The Morgan fingerprint density at radius 3 is 2.05 bits per heavy atom. The lowest BCUT2D eigenvalue weighted by molar-refractivity contribution is 0.258. The molecule has 0 spiro atoms. The molecule has 1 rings (SSSR count). The van der Waals surface area contributed by atoms with Crippen LogP contribution in [0.25, 0.3) is 0 Å². The van der Waals surface area contributed by atoms with Crippen LogP contribution in [-0.2, 0) is 13.6 Å². The van der Waals surface area contributed by atoms with E-state index in [0.717, 1.165) is 11.3 Å². The van der Waals surface area contributed by atoms with Gasteiger partial charge in [0, 0.05) is 20.4 Å². The summed E-state index contributed by atoms with van der Waals surface area (Å²) in [5.41, 5.74) is 0.898. The van der Waals surface area contributed by atoms with Crippen LogP contribution in [0.5, 0.6) is 5.75 Å². The average molecular weight is 299 g/mol. The molecule has 6 heteroatoms. The molecule has 0 aliphatic heterocycles. The number of rotatable bonds is 7. The third kappa shape index (κ3) is 4.17. The number of nitrogens with zero attached hydrogens (tertiary/aromatic N) is 1. The zero-order valence-corrected chi connectivity index (χ0v) is 13.5. The van der Waals surface area contributed by atoms with Gasteiger partial charge in [0.25, 0.3) is 0 Å². The highest BCUT2D eigenvalue weighted by molar-refractivity contribution is 7.54. The Hall–Kier alpha value is -1.16. The highest BCUT2D eigenvalue weighted by Gasteiger charge is 2.35. The molecule has 0 amide bonds. The van der Waals surface area contributed by atoms with Crippen molar-refractivity contribution in [2.75, 3.05) is 21.3 Å². The highest BCUT2D eigenvalue weighted by atomic mass is 31.2. The molecule has 0 bridgehead atoms. The normalized spacial score (nSPS) is 13.9. The van der Waals surface area contributed by atoms with Gasteiger partial charge in [-0.05, 0) is 35.7 Å². The number of methoxy groups -OCH3 is 1. The molecule has 20 heavy (non-hydrogen) atoms. The van der Waals surface area contributed by atoms with E-state index >= 15 is 0 Å². The Labute approximate surface area is 120 Å². The van der Waals surface area contributed by atoms with E-state index in [9.17, 15) is 4.57 Å². The van der Waals surface area contributed by atoms with Crippen LogP contribution in [0.15, 0.2) is 29.3 Å². The smallest absolute Gasteiger partial charge is 0.354 e.